The van der Waals surface area contributed by atoms with Crippen molar-refractivity contribution in [2.75, 3.05) is 0 Å². The van der Waals surface area contributed by atoms with Crippen LogP contribution in [0.3, 0.4) is 0 Å². The molecule has 0 aliphatic heterocycles. The Morgan fingerprint density at radius 3 is 2.87 bits per heavy atom. The highest BCUT2D eigenvalue weighted by Crippen LogP contribution is 2.31. The summed E-state index contributed by atoms with van der Waals surface area (Å²) in [5, 5.41) is 10.8. The number of hydrogen-bond donors (Lipinski definition) is 0. The van der Waals surface area contributed by atoms with Crippen molar-refractivity contribution in [2.24, 2.45) is 5.92 Å². The van der Waals surface area contributed by atoms with Crippen LogP contribution in [0.2, 0.25) is 0 Å². The first-order valence-corrected chi connectivity index (χ1v) is 4.91. The van der Waals surface area contributed by atoms with Crippen molar-refractivity contribution in [2.45, 2.75) is 19.8 Å². The van der Waals surface area contributed by atoms with Crippen molar-refractivity contribution in [1.82, 2.24) is 0 Å². The van der Waals surface area contributed by atoms with Crippen LogP contribution < -0.4 is 0 Å². The topological polar surface area (TPSA) is 60.2 Å². The van der Waals surface area contributed by atoms with E-state index in [4.69, 9.17) is 0 Å². The predicted octanol–water partition coefficient (Wildman–Crippen LogP) is 2.36. The molecule has 1 aromatic carbocycles. The molecule has 0 aromatic heterocycles. The van der Waals surface area contributed by atoms with E-state index in [1.807, 2.05) is 6.92 Å². The van der Waals surface area contributed by atoms with Gasteiger partial charge in [0.15, 0.2) is 5.78 Å². The maximum absolute atomic E-state index is 11.8. The number of nitro groups is 1. The summed E-state index contributed by atoms with van der Waals surface area (Å²) in [4.78, 5) is 22.1. The molecule has 0 radical (unpaired) electrons. The Hall–Kier alpha value is -1.71. The summed E-state index contributed by atoms with van der Waals surface area (Å²) in [6.45, 7) is 1.87. The molecule has 1 aromatic rings. The van der Waals surface area contributed by atoms with Crippen LogP contribution in [0, 0.1) is 16.0 Å². The fourth-order valence-electron chi connectivity index (χ4n) is 2.00. The predicted molar refractivity (Wildman–Crippen MR) is 54.9 cm³/mol. The molecule has 0 heterocycles. The van der Waals surface area contributed by atoms with Crippen LogP contribution in [-0.2, 0) is 6.42 Å². The maximum Gasteiger partial charge on any atom is 0.273 e. The average molecular weight is 205 g/mol. The lowest BCUT2D eigenvalue weighted by atomic mass is 9.83. The zero-order valence-corrected chi connectivity index (χ0v) is 8.40. The molecule has 1 aliphatic rings. The van der Waals surface area contributed by atoms with E-state index in [1.165, 1.54) is 6.07 Å². The van der Waals surface area contributed by atoms with Crippen LogP contribution in [-0.4, -0.2) is 10.7 Å². The highest BCUT2D eigenvalue weighted by atomic mass is 16.6. The lowest BCUT2D eigenvalue weighted by Crippen LogP contribution is -2.20. The van der Waals surface area contributed by atoms with E-state index in [-0.39, 0.29) is 17.4 Å². The van der Waals surface area contributed by atoms with E-state index >= 15 is 0 Å². The normalized spacial score (nSPS) is 19.8. The molecule has 0 fully saturated rings. The molecule has 15 heavy (non-hydrogen) atoms. The van der Waals surface area contributed by atoms with Crippen molar-refractivity contribution >= 4 is 11.5 Å². The molecular formula is C11H11NO3. The zero-order chi connectivity index (χ0) is 11.0. The number of fused-ring (bicyclic) bond motifs is 1. The smallest absolute Gasteiger partial charge is 0.273 e. The van der Waals surface area contributed by atoms with Gasteiger partial charge in [0.05, 0.1) is 4.92 Å². The number of Topliss-reactive ketones (excluding diaryl/α,β-unsaturated/α-hetero) is 1. The Kier molecular flexibility index (Phi) is 2.26. The molecule has 4 nitrogen and oxygen atoms in total. The van der Waals surface area contributed by atoms with E-state index in [9.17, 15) is 14.9 Å². The first-order valence-electron chi connectivity index (χ1n) is 4.91. The Balaban J connectivity index is 2.58. The second kappa shape index (κ2) is 3.46. The first kappa shape index (κ1) is 9.83. The first-order chi connectivity index (χ1) is 7.11. The standard InChI is InChI=1S/C11H11NO3/c1-7-5-6-8-9(11(7)13)3-2-4-10(8)12(14)15/h2-4,7H,5-6H2,1H3. The summed E-state index contributed by atoms with van der Waals surface area (Å²) in [7, 11) is 0. The molecule has 2 rings (SSSR count). The summed E-state index contributed by atoms with van der Waals surface area (Å²) in [6, 6.07) is 4.72. The number of carbonyl (C=O) groups excluding carboxylic acids is 1. The molecule has 1 aliphatic carbocycles. The summed E-state index contributed by atoms with van der Waals surface area (Å²) in [5.41, 5.74) is 1.21. The number of nitrogens with zero attached hydrogens (tertiary/aromatic N) is 1. The quantitative estimate of drug-likeness (QED) is 0.522. The third-order valence-corrected chi connectivity index (χ3v) is 2.89. The van der Waals surface area contributed by atoms with Crippen LogP contribution in [0.5, 0.6) is 0 Å². The average Bonchev–Trinajstić information content (AvgIpc) is 2.23. The van der Waals surface area contributed by atoms with Crippen LogP contribution in [0.4, 0.5) is 5.69 Å². The molecule has 78 valence electrons. The largest absolute Gasteiger partial charge is 0.294 e. The number of ketones is 1. The number of carbonyl (C=O) groups is 1. The monoisotopic (exact) mass is 205 g/mol. The minimum atomic E-state index is -0.415. The third-order valence-electron chi connectivity index (χ3n) is 2.89. The Morgan fingerprint density at radius 2 is 2.20 bits per heavy atom. The van der Waals surface area contributed by atoms with Gasteiger partial charge >= 0.3 is 0 Å². The van der Waals surface area contributed by atoms with Crippen LogP contribution in [0.25, 0.3) is 0 Å². The Morgan fingerprint density at radius 1 is 1.47 bits per heavy atom. The van der Waals surface area contributed by atoms with Crippen LogP contribution in [0.15, 0.2) is 18.2 Å². The van der Waals surface area contributed by atoms with Crippen molar-refractivity contribution in [3.05, 3.63) is 39.4 Å². The highest BCUT2D eigenvalue weighted by Gasteiger charge is 2.28. The van der Waals surface area contributed by atoms with Gasteiger partial charge in [0.25, 0.3) is 5.69 Å². The molecule has 1 atom stereocenters. The van der Waals surface area contributed by atoms with E-state index in [2.05, 4.69) is 0 Å². The Bertz CT molecular complexity index is 439. The van der Waals surface area contributed by atoms with E-state index in [0.29, 0.717) is 24.0 Å². The fraction of sp³-hybridized carbons (Fsp3) is 0.364. The summed E-state index contributed by atoms with van der Waals surface area (Å²) >= 11 is 0. The lowest BCUT2D eigenvalue weighted by molar-refractivity contribution is -0.385. The molecule has 0 saturated carbocycles. The van der Waals surface area contributed by atoms with Gasteiger partial charge in [-0.2, -0.15) is 0 Å². The summed E-state index contributed by atoms with van der Waals surface area (Å²) in [5.74, 6) is 0.0134. The molecule has 0 bridgehead atoms. The number of hydrogen-bond acceptors (Lipinski definition) is 3. The van der Waals surface area contributed by atoms with E-state index in [0.717, 1.165) is 0 Å². The molecule has 0 saturated heterocycles. The van der Waals surface area contributed by atoms with E-state index in [1.54, 1.807) is 12.1 Å². The fourth-order valence-corrected chi connectivity index (χ4v) is 2.00. The van der Waals surface area contributed by atoms with Crippen molar-refractivity contribution in [1.29, 1.82) is 0 Å². The molecule has 0 N–H and O–H groups in total. The maximum atomic E-state index is 11.8. The minimum Gasteiger partial charge on any atom is -0.294 e. The SMILES string of the molecule is CC1CCc2c(cccc2[N+](=O)[O-])C1=O. The molecule has 0 spiro atoms. The van der Waals surface area contributed by atoms with Gasteiger partial charge in [0.1, 0.15) is 0 Å². The summed E-state index contributed by atoms with van der Waals surface area (Å²) in [6.07, 6.45) is 1.33. The van der Waals surface area contributed by atoms with E-state index < -0.39 is 4.92 Å². The second-order valence-electron chi connectivity index (χ2n) is 3.86. The minimum absolute atomic E-state index is 0.0143. The number of nitro benzene ring substituents is 1. The van der Waals surface area contributed by atoms with Gasteiger partial charge < -0.3 is 0 Å². The third kappa shape index (κ3) is 1.52. The van der Waals surface area contributed by atoms with Crippen molar-refractivity contribution in [3.63, 3.8) is 0 Å². The molecule has 0 amide bonds. The van der Waals surface area contributed by atoms with Gasteiger partial charge in [-0.3, -0.25) is 14.9 Å². The molecular weight excluding hydrogens is 194 g/mol. The number of benzene rings is 1. The van der Waals surface area contributed by atoms with Gasteiger partial charge in [-0.25, -0.2) is 0 Å². The van der Waals surface area contributed by atoms with Gasteiger partial charge in [-0.15, -0.1) is 0 Å². The van der Waals surface area contributed by atoms with Crippen molar-refractivity contribution < 1.29 is 9.72 Å². The number of rotatable bonds is 1. The van der Waals surface area contributed by atoms with Crippen LogP contribution in [0.1, 0.15) is 29.3 Å². The summed E-state index contributed by atoms with van der Waals surface area (Å²) < 4.78 is 0. The zero-order valence-electron chi connectivity index (χ0n) is 8.40. The van der Waals surface area contributed by atoms with Crippen molar-refractivity contribution in [3.8, 4) is 0 Å². The van der Waals surface area contributed by atoms with Gasteiger partial charge in [0, 0.05) is 23.1 Å². The van der Waals surface area contributed by atoms with Gasteiger partial charge in [-0.1, -0.05) is 19.1 Å². The van der Waals surface area contributed by atoms with Gasteiger partial charge in [-0.05, 0) is 12.8 Å². The highest BCUT2D eigenvalue weighted by molar-refractivity contribution is 6.00. The Labute approximate surface area is 87.1 Å². The molecule has 1 unspecified atom stereocenters. The molecule has 4 heteroatoms. The second-order valence-corrected chi connectivity index (χ2v) is 3.86. The van der Waals surface area contributed by atoms with Gasteiger partial charge in [0.2, 0.25) is 0 Å². The lowest BCUT2D eigenvalue weighted by Gasteiger charge is -2.19. The van der Waals surface area contributed by atoms with Crippen LogP contribution >= 0.6 is 0 Å².